The van der Waals surface area contributed by atoms with E-state index in [4.69, 9.17) is 11.6 Å². The van der Waals surface area contributed by atoms with Gasteiger partial charge in [-0.3, -0.25) is 4.68 Å². The summed E-state index contributed by atoms with van der Waals surface area (Å²) in [5, 5.41) is 14.7. The second-order valence-corrected chi connectivity index (χ2v) is 6.94. The number of aliphatic hydroxyl groups excluding tert-OH is 1. The van der Waals surface area contributed by atoms with Crippen molar-refractivity contribution in [2.45, 2.75) is 26.0 Å². The summed E-state index contributed by atoms with van der Waals surface area (Å²) in [6.45, 7) is 2.49. The molecule has 0 spiro atoms. The van der Waals surface area contributed by atoms with Crippen molar-refractivity contribution in [3.63, 3.8) is 0 Å². The third-order valence-corrected chi connectivity index (χ3v) is 5.21. The number of aliphatic hydroxyl groups is 1. The fraction of sp³-hybridized carbons (Fsp3) is 0.700. The molecule has 17 heavy (non-hydrogen) atoms. The summed E-state index contributed by atoms with van der Waals surface area (Å²) < 4.78 is 24.4. The zero-order valence-electron chi connectivity index (χ0n) is 9.50. The number of hydrogen-bond acceptors (Lipinski definition) is 4. The molecule has 0 aromatic carbocycles. The van der Waals surface area contributed by atoms with Crippen LogP contribution in [0.3, 0.4) is 0 Å². The normalized spacial score (nSPS) is 25.0. The quantitative estimate of drug-likeness (QED) is 0.896. The Morgan fingerprint density at radius 2 is 2.41 bits per heavy atom. The van der Waals surface area contributed by atoms with Crippen LogP contribution in [0.5, 0.6) is 0 Å². The molecule has 0 aliphatic carbocycles. The van der Waals surface area contributed by atoms with E-state index >= 15 is 0 Å². The lowest BCUT2D eigenvalue weighted by atomic mass is 9.99. The molecule has 7 heteroatoms. The first-order valence-corrected chi connectivity index (χ1v) is 7.74. The molecule has 2 unspecified atom stereocenters. The van der Waals surface area contributed by atoms with Crippen LogP contribution in [0, 0.1) is 5.92 Å². The van der Waals surface area contributed by atoms with Crippen molar-refractivity contribution in [2.75, 3.05) is 11.5 Å². The third-order valence-electron chi connectivity index (χ3n) is 3.13. The Morgan fingerprint density at radius 1 is 1.71 bits per heavy atom. The van der Waals surface area contributed by atoms with Gasteiger partial charge >= 0.3 is 0 Å². The molecule has 1 aliphatic heterocycles. The highest BCUT2D eigenvalue weighted by Gasteiger charge is 2.35. The molecule has 0 bridgehead atoms. The molecular weight excluding hydrogens is 264 g/mol. The molecule has 0 saturated carbocycles. The van der Waals surface area contributed by atoms with Crippen LogP contribution in [-0.4, -0.2) is 34.8 Å². The van der Waals surface area contributed by atoms with Gasteiger partial charge in [0.2, 0.25) is 0 Å². The van der Waals surface area contributed by atoms with Gasteiger partial charge in [0.25, 0.3) is 0 Å². The van der Waals surface area contributed by atoms with Crippen LogP contribution in [0.2, 0.25) is 5.02 Å². The highest BCUT2D eigenvalue weighted by atomic mass is 35.5. The van der Waals surface area contributed by atoms with E-state index in [9.17, 15) is 13.5 Å². The van der Waals surface area contributed by atoms with Gasteiger partial charge in [-0.1, -0.05) is 11.6 Å². The van der Waals surface area contributed by atoms with Gasteiger partial charge in [0.15, 0.2) is 9.84 Å². The Morgan fingerprint density at radius 3 is 2.94 bits per heavy atom. The molecule has 0 amide bonds. The fourth-order valence-corrected chi connectivity index (χ4v) is 4.30. The third kappa shape index (κ3) is 2.48. The van der Waals surface area contributed by atoms with E-state index in [1.54, 1.807) is 4.68 Å². The van der Waals surface area contributed by atoms with Crippen LogP contribution in [-0.2, 0) is 16.4 Å². The lowest BCUT2D eigenvalue weighted by Gasteiger charge is -2.18. The number of aryl methyl sites for hydroxylation is 1. The summed E-state index contributed by atoms with van der Waals surface area (Å²) >= 11 is 5.98. The summed E-state index contributed by atoms with van der Waals surface area (Å²) in [5.41, 5.74) is 0.524. The maximum atomic E-state index is 11.4. The van der Waals surface area contributed by atoms with E-state index in [-0.39, 0.29) is 17.4 Å². The van der Waals surface area contributed by atoms with E-state index in [1.807, 2.05) is 6.92 Å². The van der Waals surface area contributed by atoms with Gasteiger partial charge in [0.1, 0.15) is 6.10 Å². The van der Waals surface area contributed by atoms with Crippen LogP contribution < -0.4 is 0 Å². The first-order valence-electron chi connectivity index (χ1n) is 5.54. The van der Waals surface area contributed by atoms with Gasteiger partial charge in [0, 0.05) is 12.5 Å². The van der Waals surface area contributed by atoms with E-state index in [1.165, 1.54) is 6.20 Å². The Kier molecular flexibility index (Phi) is 3.47. The Bertz CT molecular complexity index is 512. The molecule has 1 aromatic rings. The molecule has 96 valence electrons. The first kappa shape index (κ1) is 12.9. The van der Waals surface area contributed by atoms with E-state index in [0.717, 1.165) is 0 Å². The highest BCUT2D eigenvalue weighted by molar-refractivity contribution is 7.91. The zero-order chi connectivity index (χ0) is 12.6. The molecule has 2 rings (SSSR count). The van der Waals surface area contributed by atoms with Gasteiger partial charge in [-0.15, -0.1) is 0 Å². The monoisotopic (exact) mass is 278 g/mol. The molecule has 1 fully saturated rings. The molecule has 1 N–H and O–H groups in total. The molecule has 2 atom stereocenters. The highest BCUT2D eigenvalue weighted by Crippen LogP contribution is 2.34. The molecule has 1 aromatic heterocycles. The Balaban J connectivity index is 2.25. The number of hydrogen-bond donors (Lipinski definition) is 1. The minimum absolute atomic E-state index is 0.0272. The fourth-order valence-electron chi connectivity index (χ4n) is 2.21. The van der Waals surface area contributed by atoms with Crippen LogP contribution >= 0.6 is 11.6 Å². The van der Waals surface area contributed by atoms with Gasteiger partial charge in [-0.2, -0.15) is 5.10 Å². The maximum Gasteiger partial charge on any atom is 0.150 e. The molecule has 2 heterocycles. The second kappa shape index (κ2) is 4.59. The predicted octanol–water partition coefficient (Wildman–Crippen LogP) is 1.02. The average molecular weight is 279 g/mol. The molecule has 5 nitrogen and oxygen atoms in total. The molecular formula is C10H15ClN2O3S. The smallest absolute Gasteiger partial charge is 0.150 e. The number of aromatic nitrogens is 2. The standard InChI is InChI=1S/C10H15ClN2O3S/c1-2-13-9(8(11)5-12-13)10(14)7-3-4-17(15,16)6-7/h5,7,10,14H,2-4,6H2,1H3. The van der Waals surface area contributed by atoms with Gasteiger partial charge in [-0.25, -0.2) is 8.42 Å². The maximum absolute atomic E-state index is 11.4. The lowest BCUT2D eigenvalue weighted by Crippen LogP contribution is -2.18. The minimum Gasteiger partial charge on any atom is -0.386 e. The summed E-state index contributed by atoms with van der Waals surface area (Å²) in [6.07, 6.45) is 1.10. The first-order chi connectivity index (χ1) is 7.94. The number of rotatable bonds is 3. The summed E-state index contributed by atoms with van der Waals surface area (Å²) in [7, 11) is -3.00. The molecule has 1 aliphatic rings. The molecule has 1 saturated heterocycles. The Hall–Kier alpha value is -0.590. The van der Waals surface area contributed by atoms with E-state index in [0.29, 0.717) is 23.7 Å². The van der Waals surface area contributed by atoms with Crippen molar-refractivity contribution in [1.82, 2.24) is 9.78 Å². The predicted molar refractivity (Wildman–Crippen MR) is 64.6 cm³/mol. The minimum atomic E-state index is -3.00. The van der Waals surface area contributed by atoms with E-state index in [2.05, 4.69) is 5.10 Å². The average Bonchev–Trinajstić information content (AvgIpc) is 2.80. The summed E-state index contributed by atoms with van der Waals surface area (Å²) in [5.74, 6) is -0.106. The zero-order valence-corrected chi connectivity index (χ0v) is 11.1. The summed E-state index contributed by atoms with van der Waals surface area (Å²) in [4.78, 5) is 0. The largest absolute Gasteiger partial charge is 0.386 e. The number of sulfone groups is 1. The van der Waals surface area contributed by atoms with Crippen molar-refractivity contribution in [2.24, 2.45) is 5.92 Å². The van der Waals surface area contributed by atoms with Gasteiger partial charge in [-0.05, 0) is 13.3 Å². The van der Waals surface area contributed by atoms with Crippen molar-refractivity contribution in [3.8, 4) is 0 Å². The number of halogens is 1. The summed E-state index contributed by atoms with van der Waals surface area (Å²) in [6, 6.07) is 0. The topological polar surface area (TPSA) is 72.2 Å². The molecule has 0 radical (unpaired) electrons. The van der Waals surface area contributed by atoms with Crippen molar-refractivity contribution >= 4 is 21.4 Å². The Labute approximate surface area is 105 Å². The van der Waals surface area contributed by atoms with Gasteiger partial charge in [0.05, 0.1) is 28.4 Å². The second-order valence-electron chi connectivity index (χ2n) is 4.30. The van der Waals surface area contributed by atoms with Crippen molar-refractivity contribution in [3.05, 3.63) is 16.9 Å². The van der Waals surface area contributed by atoms with Crippen molar-refractivity contribution in [1.29, 1.82) is 0 Å². The lowest BCUT2D eigenvalue weighted by molar-refractivity contribution is 0.111. The van der Waals surface area contributed by atoms with Crippen LogP contribution in [0.25, 0.3) is 0 Å². The number of nitrogens with zero attached hydrogens (tertiary/aromatic N) is 2. The van der Waals surface area contributed by atoms with E-state index < -0.39 is 15.9 Å². The van der Waals surface area contributed by atoms with Gasteiger partial charge < -0.3 is 5.11 Å². The van der Waals surface area contributed by atoms with Crippen LogP contribution in [0.15, 0.2) is 6.20 Å². The van der Waals surface area contributed by atoms with Crippen LogP contribution in [0.1, 0.15) is 25.1 Å². The van der Waals surface area contributed by atoms with Crippen LogP contribution in [0.4, 0.5) is 0 Å². The van der Waals surface area contributed by atoms with Crippen molar-refractivity contribution < 1.29 is 13.5 Å². The SMILES string of the molecule is CCn1ncc(Cl)c1C(O)C1CCS(=O)(=O)C1.